The molecule has 1 amide bonds. The number of anilines is 2. The number of carbonyl (C=O) groups excluding carboxylic acids is 1. The third kappa shape index (κ3) is 2.99. The highest BCUT2D eigenvalue weighted by Gasteiger charge is 2.33. The highest BCUT2D eigenvalue weighted by molar-refractivity contribution is 6.33. The topological polar surface area (TPSA) is 97.9 Å². The van der Waals surface area contributed by atoms with E-state index in [0.29, 0.717) is 28.1 Å². The van der Waals surface area contributed by atoms with E-state index in [4.69, 9.17) is 17.3 Å². The Morgan fingerprint density at radius 3 is 2.57 bits per heavy atom. The summed E-state index contributed by atoms with van der Waals surface area (Å²) < 4.78 is 1.68. The molecule has 0 radical (unpaired) electrons. The first-order chi connectivity index (χ1) is 13.5. The van der Waals surface area contributed by atoms with E-state index in [2.05, 4.69) is 20.7 Å². The summed E-state index contributed by atoms with van der Waals surface area (Å²) in [7, 11) is 1.85. The van der Waals surface area contributed by atoms with Crippen molar-refractivity contribution in [2.75, 3.05) is 17.7 Å². The molecule has 7 nitrogen and oxygen atoms in total. The molecule has 0 saturated carbocycles. The third-order valence-electron chi connectivity index (χ3n) is 4.75. The maximum absolute atomic E-state index is 12.2. The highest BCUT2D eigenvalue weighted by Crippen LogP contribution is 2.37. The molecule has 4 rings (SSSR count). The van der Waals surface area contributed by atoms with Gasteiger partial charge in [0.15, 0.2) is 5.82 Å². The molecule has 1 atom stereocenters. The number of rotatable bonds is 4. The molecule has 0 spiro atoms. The Morgan fingerprint density at radius 2 is 1.93 bits per heavy atom. The van der Waals surface area contributed by atoms with Crippen molar-refractivity contribution in [2.45, 2.75) is 13.0 Å². The fourth-order valence-electron chi connectivity index (χ4n) is 3.37. The number of amides is 1. The van der Waals surface area contributed by atoms with Crippen LogP contribution in [0.3, 0.4) is 0 Å². The lowest BCUT2D eigenvalue weighted by Crippen LogP contribution is -2.31. The number of nitrogens with one attached hydrogen (secondary N) is 2. The minimum atomic E-state index is -0.506. The summed E-state index contributed by atoms with van der Waals surface area (Å²) >= 11 is 6.32. The zero-order chi connectivity index (χ0) is 19.8. The van der Waals surface area contributed by atoms with E-state index >= 15 is 0 Å². The van der Waals surface area contributed by atoms with Crippen molar-refractivity contribution < 1.29 is 4.79 Å². The second-order valence-electron chi connectivity index (χ2n) is 6.49. The minimum absolute atomic E-state index is 0.445. The zero-order valence-electron chi connectivity index (χ0n) is 15.4. The molecule has 1 aliphatic heterocycles. The summed E-state index contributed by atoms with van der Waals surface area (Å²) in [5, 5.41) is 11.4. The Labute approximate surface area is 167 Å². The van der Waals surface area contributed by atoms with E-state index in [-0.39, 0.29) is 0 Å². The van der Waals surface area contributed by atoms with Crippen molar-refractivity contribution in [3.63, 3.8) is 0 Å². The van der Waals surface area contributed by atoms with E-state index in [1.165, 1.54) is 0 Å². The van der Waals surface area contributed by atoms with Crippen LogP contribution < -0.4 is 16.4 Å². The summed E-state index contributed by atoms with van der Waals surface area (Å²) in [5.74, 6) is 0.497. The molecule has 8 heteroatoms. The Hall–Kier alpha value is -3.32. The number of allylic oxidation sites excluding steroid dienone is 1. The van der Waals surface area contributed by atoms with Gasteiger partial charge in [0.1, 0.15) is 6.04 Å². The molecule has 2 heterocycles. The van der Waals surface area contributed by atoms with Gasteiger partial charge in [-0.15, -0.1) is 5.10 Å². The molecule has 0 saturated heterocycles. The molecule has 28 heavy (non-hydrogen) atoms. The molecule has 0 bridgehead atoms. The van der Waals surface area contributed by atoms with Gasteiger partial charge in [-0.1, -0.05) is 35.9 Å². The van der Waals surface area contributed by atoms with Gasteiger partial charge in [0.25, 0.3) is 0 Å². The Balaban J connectivity index is 1.88. The maximum Gasteiger partial charge on any atom is 0.248 e. The van der Waals surface area contributed by atoms with Crippen LogP contribution in [0.2, 0.25) is 5.02 Å². The number of primary amides is 1. The van der Waals surface area contributed by atoms with Crippen LogP contribution in [-0.4, -0.2) is 27.7 Å². The average molecular weight is 395 g/mol. The van der Waals surface area contributed by atoms with Crippen molar-refractivity contribution in [2.24, 2.45) is 5.73 Å². The number of carbonyl (C=O) groups is 1. The number of benzene rings is 2. The van der Waals surface area contributed by atoms with Gasteiger partial charge < -0.3 is 16.4 Å². The molecule has 3 aromatic rings. The lowest BCUT2D eigenvalue weighted by molar-refractivity contribution is -0.115. The second-order valence-corrected chi connectivity index (χ2v) is 6.89. The minimum Gasteiger partial charge on any atom is -0.388 e. The van der Waals surface area contributed by atoms with Crippen LogP contribution in [0.4, 0.5) is 11.6 Å². The molecule has 4 N–H and O–H groups in total. The van der Waals surface area contributed by atoms with E-state index < -0.39 is 11.9 Å². The van der Waals surface area contributed by atoms with E-state index in [9.17, 15) is 4.79 Å². The van der Waals surface area contributed by atoms with Crippen LogP contribution >= 0.6 is 11.6 Å². The fraction of sp³-hybridized carbons (Fsp3) is 0.150. The van der Waals surface area contributed by atoms with Crippen LogP contribution in [0.1, 0.15) is 18.5 Å². The number of halogens is 1. The van der Waals surface area contributed by atoms with Gasteiger partial charge in [-0.25, -0.2) is 4.68 Å². The molecule has 2 aromatic carbocycles. The van der Waals surface area contributed by atoms with Gasteiger partial charge in [-0.05, 0) is 36.8 Å². The number of fused-ring (bicyclic) bond motifs is 1. The summed E-state index contributed by atoms with van der Waals surface area (Å²) in [6.07, 6.45) is 0. The van der Waals surface area contributed by atoms with Crippen molar-refractivity contribution in [1.29, 1.82) is 0 Å². The van der Waals surface area contributed by atoms with Crippen LogP contribution in [0, 0.1) is 0 Å². The Bertz CT molecular complexity index is 1090. The molecule has 0 fully saturated rings. The summed E-state index contributed by atoms with van der Waals surface area (Å²) in [5.41, 5.74) is 9.37. The van der Waals surface area contributed by atoms with Crippen molar-refractivity contribution in [3.05, 3.63) is 70.4 Å². The molecule has 0 aliphatic carbocycles. The summed E-state index contributed by atoms with van der Waals surface area (Å²) in [6, 6.07) is 14.7. The number of nitrogens with zero attached hydrogens (tertiary/aromatic N) is 3. The second kappa shape index (κ2) is 7.01. The lowest BCUT2D eigenvalue weighted by atomic mass is 9.95. The van der Waals surface area contributed by atoms with Gasteiger partial charge in [0.05, 0.1) is 10.6 Å². The summed E-state index contributed by atoms with van der Waals surface area (Å²) in [6.45, 7) is 1.81. The predicted octanol–water partition coefficient (Wildman–Crippen LogP) is 3.41. The highest BCUT2D eigenvalue weighted by atomic mass is 35.5. The fourth-order valence-corrected chi connectivity index (χ4v) is 3.59. The van der Waals surface area contributed by atoms with Gasteiger partial charge in [-0.3, -0.25) is 4.79 Å². The van der Waals surface area contributed by atoms with Gasteiger partial charge in [0, 0.05) is 24.0 Å². The number of hydrogen-bond acceptors (Lipinski definition) is 5. The van der Waals surface area contributed by atoms with Crippen molar-refractivity contribution in [3.8, 4) is 11.4 Å². The molecule has 1 aromatic heterocycles. The monoisotopic (exact) mass is 394 g/mol. The van der Waals surface area contributed by atoms with Crippen LogP contribution in [-0.2, 0) is 4.79 Å². The van der Waals surface area contributed by atoms with E-state index in [1.54, 1.807) is 10.7 Å². The smallest absolute Gasteiger partial charge is 0.248 e. The summed E-state index contributed by atoms with van der Waals surface area (Å²) in [4.78, 5) is 16.8. The molecular weight excluding hydrogens is 376 g/mol. The van der Waals surface area contributed by atoms with Gasteiger partial charge in [-0.2, -0.15) is 4.98 Å². The van der Waals surface area contributed by atoms with Gasteiger partial charge in [0.2, 0.25) is 11.9 Å². The quantitative estimate of drug-likeness (QED) is 0.629. The SMILES string of the molecule is CNc1ccc([C@H]2C(C(N)=O)=C(C)Nc3nc(-c4ccccc4Cl)nn32)cc1. The number of aromatic nitrogens is 3. The van der Waals surface area contributed by atoms with Crippen molar-refractivity contribution in [1.82, 2.24) is 14.8 Å². The predicted molar refractivity (Wildman–Crippen MR) is 110 cm³/mol. The normalized spacial score (nSPS) is 15.8. The first-order valence-electron chi connectivity index (χ1n) is 8.76. The lowest BCUT2D eigenvalue weighted by Gasteiger charge is -2.27. The van der Waals surface area contributed by atoms with Crippen LogP contribution in [0.5, 0.6) is 0 Å². The van der Waals surface area contributed by atoms with Crippen LogP contribution in [0.25, 0.3) is 11.4 Å². The molecule has 1 aliphatic rings. The Kier molecular flexibility index (Phi) is 4.52. The van der Waals surface area contributed by atoms with Crippen LogP contribution in [0.15, 0.2) is 59.8 Å². The average Bonchev–Trinajstić information content (AvgIpc) is 3.10. The molecule has 0 unspecified atom stereocenters. The van der Waals surface area contributed by atoms with E-state index in [0.717, 1.165) is 16.8 Å². The molecule has 142 valence electrons. The largest absolute Gasteiger partial charge is 0.388 e. The number of nitrogens with two attached hydrogens (primary N) is 1. The third-order valence-corrected chi connectivity index (χ3v) is 5.08. The number of hydrogen-bond donors (Lipinski definition) is 3. The van der Waals surface area contributed by atoms with Crippen molar-refractivity contribution >= 4 is 29.1 Å². The molecular formula is C20H19ClN6O. The maximum atomic E-state index is 12.2. The Morgan fingerprint density at radius 1 is 1.21 bits per heavy atom. The zero-order valence-corrected chi connectivity index (χ0v) is 16.2. The standard InChI is InChI=1S/C20H19ClN6O/c1-11-16(18(22)28)17(12-7-9-13(23-2)10-8-12)27-20(24-11)25-19(26-27)14-5-3-4-6-15(14)21/h3-10,17,23H,1-2H3,(H2,22,28)(H,24,25,26)/t17-/m0/s1. The van der Waals surface area contributed by atoms with E-state index in [1.807, 2.05) is 56.4 Å². The first-order valence-corrected chi connectivity index (χ1v) is 9.14. The van der Waals surface area contributed by atoms with Gasteiger partial charge >= 0.3 is 0 Å². The first kappa shape index (κ1) is 18.1.